The van der Waals surface area contributed by atoms with Gasteiger partial charge in [0.2, 0.25) is 0 Å². The minimum absolute atomic E-state index is 0.0508. The molecule has 0 unspecified atom stereocenters. The lowest BCUT2D eigenvalue weighted by Crippen LogP contribution is -2.28. The zero-order valence-electron chi connectivity index (χ0n) is 8.78. The van der Waals surface area contributed by atoms with Crippen molar-refractivity contribution in [2.24, 2.45) is 0 Å². The third-order valence-corrected chi connectivity index (χ3v) is 2.92. The monoisotopic (exact) mass is 261 g/mol. The molecular formula is C9H12ClN3O4. The van der Waals surface area contributed by atoms with Gasteiger partial charge in [-0.05, 0) is 0 Å². The van der Waals surface area contributed by atoms with E-state index in [2.05, 4.69) is 4.98 Å². The van der Waals surface area contributed by atoms with Gasteiger partial charge in [0, 0.05) is 12.6 Å². The number of anilines is 1. The Hall–Kier alpha value is -1.15. The Morgan fingerprint density at radius 3 is 3.00 bits per heavy atom. The molecule has 1 aliphatic rings. The van der Waals surface area contributed by atoms with E-state index in [0.717, 1.165) is 4.57 Å². The number of aliphatic hydroxyl groups excluding tert-OH is 2. The number of hydrogen-bond donors (Lipinski definition) is 3. The molecule has 7 nitrogen and oxygen atoms in total. The first kappa shape index (κ1) is 12.3. The molecule has 4 N–H and O–H groups in total. The van der Waals surface area contributed by atoms with Crippen LogP contribution in [0.4, 0.5) is 5.82 Å². The normalized spacial score (nSPS) is 28.5. The smallest absolute Gasteiger partial charge is 0.351 e. The maximum absolute atomic E-state index is 11.6. The molecule has 8 heteroatoms. The zero-order valence-corrected chi connectivity index (χ0v) is 9.54. The van der Waals surface area contributed by atoms with Crippen molar-refractivity contribution in [3.05, 3.63) is 21.7 Å². The fraction of sp³-hybridized carbons (Fsp3) is 0.556. The first-order chi connectivity index (χ1) is 8.02. The van der Waals surface area contributed by atoms with Gasteiger partial charge in [-0.2, -0.15) is 4.98 Å². The van der Waals surface area contributed by atoms with Crippen LogP contribution in [0.15, 0.2) is 11.0 Å². The van der Waals surface area contributed by atoms with E-state index < -0.39 is 24.1 Å². The van der Waals surface area contributed by atoms with Gasteiger partial charge in [-0.1, -0.05) is 11.6 Å². The minimum atomic E-state index is -0.826. The van der Waals surface area contributed by atoms with Crippen molar-refractivity contribution < 1.29 is 14.9 Å². The van der Waals surface area contributed by atoms with Crippen LogP contribution in [-0.4, -0.2) is 38.6 Å². The summed E-state index contributed by atoms with van der Waals surface area (Å²) in [6.07, 6.45) is -0.729. The lowest BCUT2D eigenvalue weighted by atomic mass is 10.2. The van der Waals surface area contributed by atoms with Gasteiger partial charge in [-0.3, -0.25) is 4.57 Å². The third-order valence-electron chi connectivity index (χ3n) is 2.63. The van der Waals surface area contributed by atoms with Crippen LogP contribution in [0.1, 0.15) is 12.6 Å². The number of nitrogens with two attached hydrogens (primary N) is 1. The number of nitrogens with zero attached hydrogens (tertiary/aromatic N) is 2. The van der Waals surface area contributed by atoms with Crippen LogP contribution in [-0.2, 0) is 4.74 Å². The summed E-state index contributed by atoms with van der Waals surface area (Å²) in [6, 6.07) is 0. The maximum atomic E-state index is 11.6. The Morgan fingerprint density at radius 2 is 2.41 bits per heavy atom. The summed E-state index contributed by atoms with van der Waals surface area (Å²) in [5.41, 5.74) is 4.77. The first-order valence-electron chi connectivity index (χ1n) is 5.01. The Kier molecular flexibility index (Phi) is 3.34. The molecule has 2 heterocycles. The van der Waals surface area contributed by atoms with Crippen molar-refractivity contribution in [1.29, 1.82) is 0 Å². The average Bonchev–Trinajstić information content (AvgIpc) is 2.65. The summed E-state index contributed by atoms with van der Waals surface area (Å²) in [4.78, 5) is 15.1. The fourth-order valence-electron chi connectivity index (χ4n) is 1.71. The van der Waals surface area contributed by atoms with Gasteiger partial charge in [0.25, 0.3) is 0 Å². The molecule has 0 spiro atoms. The molecule has 0 aliphatic carbocycles. The quantitative estimate of drug-likeness (QED) is 0.638. The second-order valence-electron chi connectivity index (χ2n) is 3.78. The van der Waals surface area contributed by atoms with Crippen LogP contribution in [0.25, 0.3) is 0 Å². The van der Waals surface area contributed by atoms with Crippen molar-refractivity contribution in [2.45, 2.75) is 24.9 Å². The van der Waals surface area contributed by atoms with Gasteiger partial charge in [0.15, 0.2) is 0 Å². The summed E-state index contributed by atoms with van der Waals surface area (Å²) in [5.74, 6) is -0.0508. The Labute approximate surface area is 101 Å². The highest BCUT2D eigenvalue weighted by atomic mass is 35.5. The van der Waals surface area contributed by atoms with E-state index in [1.54, 1.807) is 0 Å². The zero-order chi connectivity index (χ0) is 12.6. The molecule has 1 saturated heterocycles. The third kappa shape index (κ3) is 2.27. The van der Waals surface area contributed by atoms with E-state index >= 15 is 0 Å². The van der Waals surface area contributed by atoms with E-state index in [4.69, 9.17) is 27.2 Å². The number of ether oxygens (including phenoxy) is 1. The molecule has 1 aromatic rings. The average molecular weight is 262 g/mol. The van der Waals surface area contributed by atoms with E-state index in [1.165, 1.54) is 6.20 Å². The van der Waals surface area contributed by atoms with Gasteiger partial charge in [0.05, 0.1) is 17.7 Å². The summed E-state index contributed by atoms with van der Waals surface area (Å²) < 4.78 is 6.46. The molecule has 1 aromatic heterocycles. The van der Waals surface area contributed by atoms with E-state index in [1.807, 2.05) is 0 Å². The minimum Gasteiger partial charge on any atom is -0.394 e. The highest BCUT2D eigenvalue weighted by Crippen LogP contribution is 2.28. The van der Waals surface area contributed by atoms with E-state index in [-0.39, 0.29) is 23.9 Å². The predicted molar refractivity (Wildman–Crippen MR) is 59.5 cm³/mol. The summed E-state index contributed by atoms with van der Waals surface area (Å²) >= 11 is 5.76. The van der Waals surface area contributed by atoms with Crippen LogP contribution in [0.3, 0.4) is 0 Å². The van der Waals surface area contributed by atoms with Crippen molar-refractivity contribution in [2.75, 3.05) is 12.3 Å². The van der Waals surface area contributed by atoms with Crippen LogP contribution in [0.2, 0.25) is 5.02 Å². The summed E-state index contributed by atoms with van der Waals surface area (Å²) in [6.45, 7) is -0.317. The number of aromatic nitrogens is 2. The van der Waals surface area contributed by atoms with Crippen molar-refractivity contribution >= 4 is 17.4 Å². The number of aliphatic hydroxyl groups is 2. The molecule has 17 heavy (non-hydrogen) atoms. The molecule has 0 amide bonds. The molecule has 2 rings (SSSR count). The Balaban J connectivity index is 2.30. The molecule has 1 fully saturated rings. The molecule has 0 aromatic carbocycles. The highest BCUT2D eigenvalue weighted by molar-refractivity contribution is 6.32. The summed E-state index contributed by atoms with van der Waals surface area (Å²) in [5, 5.41) is 18.6. The van der Waals surface area contributed by atoms with Crippen LogP contribution >= 0.6 is 11.6 Å². The molecular weight excluding hydrogens is 250 g/mol. The molecule has 1 aliphatic heterocycles. The van der Waals surface area contributed by atoms with Crippen molar-refractivity contribution in [3.63, 3.8) is 0 Å². The van der Waals surface area contributed by atoms with Crippen LogP contribution in [0, 0.1) is 0 Å². The number of nitrogen functional groups attached to an aromatic ring is 1. The summed E-state index contributed by atoms with van der Waals surface area (Å²) in [7, 11) is 0. The number of hydrogen-bond acceptors (Lipinski definition) is 6. The first-order valence-corrected chi connectivity index (χ1v) is 5.39. The van der Waals surface area contributed by atoms with E-state index in [0.29, 0.717) is 0 Å². The largest absolute Gasteiger partial charge is 0.394 e. The SMILES string of the molecule is Nc1nc(=O)n([C@H]2C[C@@H](O)[C@@H](CO)O2)cc1Cl. The highest BCUT2D eigenvalue weighted by Gasteiger charge is 2.35. The van der Waals surface area contributed by atoms with Gasteiger partial charge in [0.1, 0.15) is 18.1 Å². The number of rotatable bonds is 2. The van der Waals surface area contributed by atoms with Gasteiger partial charge in [-0.15, -0.1) is 0 Å². The van der Waals surface area contributed by atoms with Crippen molar-refractivity contribution in [3.8, 4) is 0 Å². The Bertz CT molecular complexity index is 478. The second-order valence-corrected chi connectivity index (χ2v) is 4.19. The van der Waals surface area contributed by atoms with Crippen LogP contribution in [0.5, 0.6) is 0 Å². The van der Waals surface area contributed by atoms with Crippen LogP contribution < -0.4 is 11.4 Å². The number of halogens is 1. The molecule has 3 atom stereocenters. The fourth-order valence-corrected chi connectivity index (χ4v) is 1.86. The standard InChI is InChI=1S/C9H12ClN3O4/c10-4-2-13(9(16)12-8(4)11)7-1-5(15)6(3-14)17-7/h2,5-7,14-15H,1,3H2,(H2,11,12,16)/t5-,6-,7-/m1/s1. The lowest BCUT2D eigenvalue weighted by Gasteiger charge is -2.14. The molecule has 0 radical (unpaired) electrons. The maximum Gasteiger partial charge on any atom is 0.351 e. The lowest BCUT2D eigenvalue weighted by molar-refractivity contribution is -0.0458. The molecule has 0 bridgehead atoms. The van der Waals surface area contributed by atoms with Gasteiger partial charge in [-0.25, -0.2) is 4.79 Å². The molecule has 0 saturated carbocycles. The van der Waals surface area contributed by atoms with Gasteiger partial charge >= 0.3 is 5.69 Å². The second kappa shape index (κ2) is 4.61. The van der Waals surface area contributed by atoms with E-state index in [9.17, 15) is 9.90 Å². The topological polar surface area (TPSA) is 111 Å². The van der Waals surface area contributed by atoms with Gasteiger partial charge < -0.3 is 20.7 Å². The van der Waals surface area contributed by atoms with Crippen molar-refractivity contribution in [1.82, 2.24) is 9.55 Å². The predicted octanol–water partition coefficient (Wildman–Crippen LogP) is -0.880. The Morgan fingerprint density at radius 1 is 1.71 bits per heavy atom. The molecule has 94 valence electrons.